The van der Waals surface area contributed by atoms with Gasteiger partial charge in [-0.15, -0.1) is 11.3 Å². The van der Waals surface area contributed by atoms with E-state index in [4.69, 9.17) is 16.9 Å². The number of thiophene rings is 1. The van der Waals surface area contributed by atoms with Crippen molar-refractivity contribution in [3.8, 4) is 6.07 Å². The second kappa shape index (κ2) is 7.18. The third-order valence-electron chi connectivity index (χ3n) is 3.24. The molecule has 0 bridgehead atoms. The molecule has 8 heteroatoms. The van der Waals surface area contributed by atoms with Gasteiger partial charge in [0.25, 0.3) is 0 Å². The SMILES string of the molecule is C[C@@H](Sc1ncnc2sccc12)C(=O)Nc1ccc(C#N)c(Cl)c1. The van der Waals surface area contributed by atoms with Crippen molar-refractivity contribution in [3.05, 3.63) is 46.6 Å². The van der Waals surface area contributed by atoms with E-state index in [9.17, 15) is 4.79 Å². The fourth-order valence-corrected chi connectivity index (χ4v) is 3.93. The second-order valence-electron chi connectivity index (χ2n) is 4.87. The molecule has 0 aliphatic heterocycles. The van der Waals surface area contributed by atoms with Gasteiger partial charge in [0.2, 0.25) is 5.91 Å². The fraction of sp³-hybridized carbons (Fsp3) is 0.125. The number of anilines is 1. The molecule has 24 heavy (non-hydrogen) atoms. The molecule has 0 fully saturated rings. The van der Waals surface area contributed by atoms with Gasteiger partial charge in [-0.1, -0.05) is 23.4 Å². The van der Waals surface area contributed by atoms with Crippen molar-refractivity contribution < 1.29 is 4.79 Å². The van der Waals surface area contributed by atoms with E-state index < -0.39 is 0 Å². The van der Waals surface area contributed by atoms with Gasteiger partial charge >= 0.3 is 0 Å². The molecule has 1 atom stereocenters. The second-order valence-corrected chi connectivity index (χ2v) is 7.51. The lowest BCUT2D eigenvalue weighted by Gasteiger charge is -2.12. The smallest absolute Gasteiger partial charge is 0.237 e. The number of nitrogens with zero attached hydrogens (tertiary/aromatic N) is 3. The summed E-state index contributed by atoms with van der Waals surface area (Å²) in [5, 5.41) is 15.3. The molecule has 0 radical (unpaired) electrons. The highest BCUT2D eigenvalue weighted by molar-refractivity contribution is 8.00. The Morgan fingerprint density at radius 2 is 2.25 bits per heavy atom. The van der Waals surface area contributed by atoms with Gasteiger partial charge in [0.05, 0.1) is 15.8 Å². The van der Waals surface area contributed by atoms with Crippen molar-refractivity contribution in [3.63, 3.8) is 0 Å². The summed E-state index contributed by atoms with van der Waals surface area (Å²) >= 11 is 8.89. The zero-order valence-electron chi connectivity index (χ0n) is 12.5. The first-order valence-corrected chi connectivity index (χ1v) is 9.07. The van der Waals surface area contributed by atoms with Crippen molar-refractivity contribution in [1.29, 1.82) is 5.26 Å². The summed E-state index contributed by atoms with van der Waals surface area (Å²) in [7, 11) is 0. The number of rotatable bonds is 4. The van der Waals surface area contributed by atoms with Crippen LogP contribution in [0.2, 0.25) is 5.02 Å². The van der Waals surface area contributed by atoms with E-state index in [1.54, 1.807) is 18.2 Å². The first kappa shape index (κ1) is 16.7. The summed E-state index contributed by atoms with van der Waals surface area (Å²) in [4.78, 5) is 21.7. The van der Waals surface area contributed by atoms with Crippen molar-refractivity contribution in [2.75, 3.05) is 5.32 Å². The van der Waals surface area contributed by atoms with Crippen LogP contribution in [0.15, 0.2) is 41.0 Å². The number of carbonyl (C=O) groups is 1. The number of hydrogen-bond donors (Lipinski definition) is 1. The monoisotopic (exact) mass is 374 g/mol. The highest BCUT2D eigenvalue weighted by Gasteiger charge is 2.17. The number of carbonyl (C=O) groups excluding carboxylic acids is 1. The number of benzene rings is 1. The van der Waals surface area contributed by atoms with E-state index in [2.05, 4.69) is 15.3 Å². The van der Waals surface area contributed by atoms with Crippen LogP contribution in [0.1, 0.15) is 12.5 Å². The molecule has 1 aromatic carbocycles. The topological polar surface area (TPSA) is 78.7 Å². The number of thioether (sulfide) groups is 1. The summed E-state index contributed by atoms with van der Waals surface area (Å²) in [5.41, 5.74) is 0.928. The number of nitrogens with one attached hydrogen (secondary N) is 1. The first-order valence-electron chi connectivity index (χ1n) is 6.94. The number of fused-ring (bicyclic) bond motifs is 1. The average molecular weight is 375 g/mol. The molecule has 1 N–H and O–H groups in total. The Balaban J connectivity index is 1.72. The fourth-order valence-electron chi connectivity index (χ4n) is 2.01. The number of halogens is 1. The van der Waals surface area contributed by atoms with Crippen LogP contribution in [0.4, 0.5) is 5.69 Å². The van der Waals surface area contributed by atoms with Gasteiger partial charge in [0.15, 0.2) is 0 Å². The lowest BCUT2D eigenvalue weighted by molar-refractivity contribution is -0.115. The lowest BCUT2D eigenvalue weighted by atomic mass is 10.2. The minimum atomic E-state index is -0.350. The van der Waals surface area contributed by atoms with Crippen molar-refractivity contribution in [1.82, 2.24) is 9.97 Å². The molecule has 3 aromatic rings. The van der Waals surface area contributed by atoms with Crippen LogP contribution in [0.3, 0.4) is 0 Å². The number of aromatic nitrogens is 2. The molecular weight excluding hydrogens is 364 g/mol. The first-order chi connectivity index (χ1) is 11.6. The Kier molecular flexibility index (Phi) is 5.00. The highest BCUT2D eigenvalue weighted by atomic mass is 35.5. The standard InChI is InChI=1S/C16H11ClN4OS2/c1-9(24-16-12-4-5-23-15(12)19-8-20-16)14(22)21-11-3-2-10(7-18)13(17)6-11/h2-6,8-9H,1H3,(H,21,22)/t9-/m1/s1. The Labute approximate surface area is 151 Å². The summed E-state index contributed by atoms with van der Waals surface area (Å²) in [6.07, 6.45) is 1.51. The maximum atomic E-state index is 12.4. The predicted octanol–water partition coefficient (Wildman–Crippen LogP) is 4.34. The van der Waals surface area contributed by atoms with E-state index in [1.807, 2.05) is 24.4 Å². The summed E-state index contributed by atoms with van der Waals surface area (Å²) in [6.45, 7) is 1.81. The number of amides is 1. The number of nitriles is 1. The van der Waals surface area contributed by atoms with Crippen LogP contribution in [0, 0.1) is 11.3 Å². The largest absolute Gasteiger partial charge is 0.325 e. The van der Waals surface area contributed by atoms with Gasteiger partial charge in [0.1, 0.15) is 22.3 Å². The molecule has 1 amide bonds. The van der Waals surface area contributed by atoms with E-state index in [0.717, 1.165) is 15.2 Å². The number of hydrogen-bond acceptors (Lipinski definition) is 6. The Hall–Kier alpha value is -2.14. The van der Waals surface area contributed by atoms with E-state index >= 15 is 0 Å². The minimum absolute atomic E-state index is 0.164. The van der Waals surface area contributed by atoms with Crippen molar-refractivity contribution in [2.45, 2.75) is 17.2 Å². The normalized spacial score (nSPS) is 11.9. The highest BCUT2D eigenvalue weighted by Crippen LogP contribution is 2.31. The van der Waals surface area contributed by atoms with E-state index in [1.165, 1.54) is 29.4 Å². The molecule has 2 aromatic heterocycles. The van der Waals surface area contributed by atoms with Gasteiger partial charge in [-0.05, 0) is 36.6 Å². The van der Waals surface area contributed by atoms with Crippen LogP contribution in [0.25, 0.3) is 10.2 Å². The Bertz CT molecular complexity index is 951. The zero-order valence-corrected chi connectivity index (χ0v) is 14.9. The molecule has 5 nitrogen and oxygen atoms in total. The quantitative estimate of drug-likeness (QED) is 0.543. The van der Waals surface area contributed by atoms with Crippen molar-refractivity contribution in [2.24, 2.45) is 0 Å². The predicted molar refractivity (Wildman–Crippen MR) is 97.5 cm³/mol. The van der Waals surface area contributed by atoms with Gasteiger partial charge in [-0.3, -0.25) is 4.79 Å². The molecule has 2 heterocycles. The van der Waals surface area contributed by atoms with Gasteiger partial charge in [0, 0.05) is 11.1 Å². The van der Waals surface area contributed by atoms with Crippen LogP contribution < -0.4 is 5.32 Å². The van der Waals surface area contributed by atoms with Crippen LogP contribution in [-0.4, -0.2) is 21.1 Å². The van der Waals surface area contributed by atoms with Crippen LogP contribution in [0.5, 0.6) is 0 Å². The molecule has 120 valence electrons. The summed E-state index contributed by atoms with van der Waals surface area (Å²) < 4.78 is 0. The molecule has 3 rings (SSSR count). The summed E-state index contributed by atoms with van der Waals surface area (Å²) in [5.74, 6) is -0.164. The minimum Gasteiger partial charge on any atom is -0.325 e. The van der Waals surface area contributed by atoms with Crippen LogP contribution >= 0.6 is 34.7 Å². The van der Waals surface area contributed by atoms with E-state index in [0.29, 0.717) is 16.3 Å². The van der Waals surface area contributed by atoms with Gasteiger partial charge in [-0.2, -0.15) is 5.26 Å². The maximum absolute atomic E-state index is 12.4. The van der Waals surface area contributed by atoms with Crippen LogP contribution in [-0.2, 0) is 4.79 Å². The maximum Gasteiger partial charge on any atom is 0.237 e. The Morgan fingerprint density at radius 3 is 3.00 bits per heavy atom. The summed E-state index contributed by atoms with van der Waals surface area (Å²) in [6, 6.07) is 8.73. The molecule has 0 aliphatic rings. The molecule has 0 aliphatic carbocycles. The van der Waals surface area contributed by atoms with E-state index in [-0.39, 0.29) is 11.2 Å². The molecular formula is C16H11ClN4OS2. The van der Waals surface area contributed by atoms with Crippen molar-refractivity contribution >= 4 is 56.5 Å². The molecule has 0 unspecified atom stereocenters. The lowest BCUT2D eigenvalue weighted by Crippen LogP contribution is -2.22. The molecule has 0 saturated carbocycles. The van der Waals surface area contributed by atoms with Gasteiger partial charge in [-0.25, -0.2) is 9.97 Å². The van der Waals surface area contributed by atoms with Gasteiger partial charge < -0.3 is 5.32 Å². The average Bonchev–Trinajstić information content (AvgIpc) is 3.04. The molecule has 0 spiro atoms. The third-order valence-corrected chi connectivity index (χ3v) is 5.49. The third kappa shape index (κ3) is 3.51. The molecule has 0 saturated heterocycles. The Morgan fingerprint density at radius 1 is 1.42 bits per heavy atom. The zero-order chi connectivity index (χ0) is 17.1.